The lowest BCUT2D eigenvalue weighted by molar-refractivity contribution is 0.0685. The van der Waals surface area contributed by atoms with E-state index >= 15 is 0 Å². The number of H-pyrrole nitrogens is 1. The highest BCUT2D eigenvalue weighted by Crippen LogP contribution is 2.20. The minimum atomic E-state index is -1.09. The number of pyridine rings is 1. The summed E-state index contributed by atoms with van der Waals surface area (Å²) in [6.07, 6.45) is 3.37. The number of aromatic nitrogens is 2. The Labute approximate surface area is 197 Å². The summed E-state index contributed by atoms with van der Waals surface area (Å²) >= 11 is 0. The normalized spacial score (nSPS) is 10.2. The van der Waals surface area contributed by atoms with Crippen LogP contribution in [0, 0.1) is 0 Å². The quantitative estimate of drug-likeness (QED) is 0.311. The Morgan fingerprint density at radius 3 is 2.15 bits per heavy atom. The van der Waals surface area contributed by atoms with Gasteiger partial charge in [-0.2, -0.15) is 0 Å². The van der Waals surface area contributed by atoms with E-state index in [1.54, 1.807) is 12.1 Å². The van der Waals surface area contributed by atoms with Crippen molar-refractivity contribution in [2.75, 3.05) is 0 Å². The first kappa shape index (κ1) is 22.6. The van der Waals surface area contributed by atoms with Crippen LogP contribution in [0.2, 0.25) is 0 Å². The molecule has 2 N–H and O–H groups in total. The van der Waals surface area contributed by atoms with Crippen LogP contribution in [0.1, 0.15) is 21.6 Å². The molecule has 0 saturated heterocycles. The van der Waals surface area contributed by atoms with Gasteiger partial charge in [0.15, 0.2) is 11.4 Å². The summed E-state index contributed by atoms with van der Waals surface area (Å²) in [5.41, 5.74) is 3.20. The molecule has 5 rings (SSSR count). The minimum absolute atomic E-state index is 0.0663. The molecule has 0 fully saturated rings. The van der Waals surface area contributed by atoms with Crippen LogP contribution < -0.4 is 9.47 Å². The van der Waals surface area contributed by atoms with Gasteiger partial charge in [0, 0.05) is 24.0 Å². The Morgan fingerprint density at radius 1 is 0.794 bits per heavy atom. The molecule has 2 heterocycles. The molecule has 0 saturated carbocycles. The number of hydrogen-bond donors (Lipinski definition) is 2. The van der Waals surface area contributed by atoms with E-state index < -0.39 is 5.97 Å². The van der Waals surface area contributed by atoms with Gasteiger partial charge >= 0.3 is 5.97 Å². The van der Waals surface area contributed by atoms with E-state index in [0.717, 1.165) is 16.8 Å². The summed E-state index contributed by atoms with van der Waals surface area (Å²) in [6, 6.07) is 31.1. The van der Waals surface area contributed by atoms with E-state index in [0.29, 0.717) is 13.2 Å². The summed E-state index contributed by atoms with van der Waals surface area (Å²) in [6.45, 7) is 0.930. The Balaban J connectivity index is 0.000000161. The highest BCUT2D eigenvalue weighted by atomic mass is 16.5. The number of fused-ring (bicyclic) bond motifs is 1. The van der Waals surface area contributed by atoms with Gasteiger partial charge in [-0.05, 0) is 46.8 Å². The van der Waals surface area contributed by atoms with E-state index in [1.807, 2.05) is 66.9 Å². The number of aromatic carboxylic acids is 1. The van der Waals surface area contributed by atoms with Crippen LogP contribution in [0.15, 0.2) is 109 Å². The van der Waals surface area contributed by atoms with Gasteiger partial charge in [-0.15, -0.1) is 0 Å². The molecule has 170 valence electrons. The molecule has 6 heteroatoms. The largest absolute Gasteiger partial charge is 0.489 e. The fourth-order valence-electron chi connectivity index (χ4n) is 3.26. The van der Waals surface area contributed by atoms with E-state index in [-0.39, 0.29) is 11.4 Å². The summed E-state index contributed by atoms with van der Waals surface area (Å²) in [4.78, 5) is 17.8. The van der Waals surface area contributed by atoms with Crippen molar-refractivity contribution in [3.05, 3.63) is 126 Å². The van der Waals surface area contributed by atoms with Crippen LogP contribution in [0.4, 0.5) is 0 Å². The highest BCUT2D eigenvalue weighted by Gasteiger charge is 2.11. The molecule has 0 radical (unpaired) electrons. The molecule has 0 atom stereocenters. The molecule has 0 amide bonds. The number of nitrogens with one attached hydrogen (secondary N) is 1. The second-order valence-corrected chi connectivity index (χ2v) is 7.43. The predicted octanol–water partition coefficient (Wildman–Crippen LogP) is 6.11. The monoisotopic (exact) mass is 452 g/mol. The molecule has 2 aromatic heterocycles. The first-order valence-corrected chi connectivity index (χ1v) is 10.8. The standard InChI is InChI=1S/C15H13NO.C13H11NO3/c1-2-4-12(5-3-1)11-17-14-7-6-13-8-9-16-15(13)10-14;15-13(16)12-11(7-4-8-14-12)17-9-10-5-2-1-3-6-10/h1-10,16H,11H2;1-8H,9H2,(H,15,16). The van der Waals surface area contributed by atoms with Gasteiger partial charge in [0.25, 0.3) is 0 Å². The second kappa shape index (κ2) is 11.3. The van der Waals surface area contributed by atoms with Crippen LogP contribution in [-0.2, 0) is 13.2 Å². The lowest BCUT2D eigenvalue weighted by atomic mass is 10.2. The van der Waals surface area contributed by atoms with Gasteiger partial charge in [-0.25, -0.2) is 9.78 Å². The van der Waals surface area contributed by atoms with Crippen molar-refractivity contribution in [3.63, 3.8) is 0 Å². The van der Waals surface area contributed by atoms with Crippen LogP contribution in [0.5, 0.6) is 11.5 Å². The van der Waals surface area contributed by atoms with Gasteiger partial charge in [0.1, 0.15) is 19.0 Å². The molecule has 0 aliphatic heterocycles. The number of carbonyl (C=O) groups is 1. The summed E-state index contributed by atoms with van der Waals surface area (Å²) < 4.78 is 11.2. The molecular weight excluding hydrogens is 428 g/mol. The molecule has 0 aliphatic carbocycles. The summed E-state index contributed by atoms with van der Waals surface area (Å²) in [5, 5.41) is 10.1. The second-order valence-electron chi connectivity index (χ2n) is 7.43. The third kappa shape index (κ3) is 6.23. The van der Waals surface area contributed by atoms with Crippen molar-refractivity contribution in [1.82, 2.24) is 9.97 Å². The minimum Gasteiger partial charge on any atom is -0.489 e. The zero-order valence-corrected chi connectivity index (χ0v) is 18.4. The first-order valence-electron chi connectivity index (χ1n) is 10.8. The number of rotatable bonds is 7. The average Bonchev–Trinajstić information content (AvgIpc) is 3.36. The van der Waals surface area contributed by atoms with E-state index in [2.05, 4.69) is 34.2 Å². The maximum atomic E-state index is 10.9. The van der Waals surface area contributed by atoms with Crippen LogP contribution in [0.25, 0.3) is 10.9 Å². The van der Waals surface area contributed by atoms with Crippen molar-refractivity contribution in [1.29, 1.82) is 0 Å². The van der Waals surface area contributed by atoms with Crippen molar-refractivity contribution >= 4 is 16.9 Å². The smallest absolute Gasteiger partial charge is 0.358 e. The van der Waals surface area contributed by atoms with Crippen molar-refractivity contribution < 1.29 is 19.4 Å². The molecule has 6 nitrogen and oxygen atoms in total. The molecule has 3 aromatic carbocycles. The van der Waals surface area contributed by atoms with Gasteiger partial charge in [0.2, 0.25) is 0 Å². The Hall–Kier alpha value is -4.58. The number of carboxylic acid groups (broad SMARTS) is 1. The maximum Gasteiger partial charge on any atom is 0.358 e. The lowest BCUT2D eigenvalue weighted by Gasteiger charge is -2.07. The van der Waals surface area contributed by atoms with Gasteiger partial charge < -0.3 is 19.6 Å². The number of nitrogens with zero attached hydrogens (tertiary/aromatic N) is 1. The van der Waals surface area contributed by atoms with Crippen LogP contribution >= 0.6 is 0 Å². The Morgan fingerprint density at radius 2 is 1.47 bits per heavy atom. The van der Waals surface area contributed by atoms with E-state index in [1.165, 1.54) is 17.1 Å². The number of ether oxygens (including phenoxy) is 2. The fourth-order valence-corrected chi connectivity index (χ4v) is 3.26. The van der Waals surface area contributed by atoms with Gasteiger partial charge in [-0.1, -0.05) is 60.7 Å². The third-order valence-corrected chi connectivity index (χ3v) is 4.99. The van der Waals surface area contributed by atoms with Gasteiger partial charge in [-0.3, -0.25) is 0 Å². The lowest BCUT2D eigenvalue weighted by Crippen LogP contribution is -2.05. The molecule has 0 spiro atoms. The van der Waals surface area contributed by atoms with Crippen LogP contribution in [0.3, 0.4) is 0 Å². The number of carboxylic acids is 1. The Bertz CT molecular complexity index is 1330. The number of benzene rings is 3. The number of aromatic amines is 1. The summed E-state index contributed by atoms with van der Waals surface area (Å²) in [7, 11) is 0. The van der Waals surface area contributed by atoms with Gasteiger partial charge in [0.05, 0.1) is 0 Å². The zero-order valence-electron chi connectivity index (χ0n) is 18.4. The first-order chi connectivity index (χ1) is 16.7. The summed E-state index contributed by atoms with van der Waals surface area (Å²) in [5.74, 6) is 0.0846. The van der Waals surface area contributed by atoms with E-state index in [4.69, 9.17) is 14.6 Å². The Kier molecular flexibility index (Phi) is 7.54. The average molecular weight is 453 g/mol. The topological polar surface area (TPSA) is 84.4 Å². The maximum absolute atomic E-state index is 10.9. The third-order valence-electron chi connectivity index (χ3n) is 4.99. The fraction of sp³-hybridized carbons (Fsp3) is 0.0714. The van der Waals surface area contributed by atoms with Crippen molar-refractivity contribution in [2.24, 2.45) is 0 Å². The van der Waals surface area contributed by atoms with Crippen LogP contribution in [-0.4, -0.2) is 21.0 Å². The molecule has 5 aromatic rings. The van der Waals surface area contributed by atoms with Crippen molar-refractivity contribution in [2.45, 2.75) is 13.2 Å². The molecule has 0 bridgehead atoms. The van der Waals surface area contributed by atoms with E-state index in [9.17, 15) is 4.79 Å². The SMILES string of the molecule is O=C(O)c1ncccc1OCc1ccccc1.c1ccc(COc2ccc3cc[nH]c3c2)cc1. The molecule has 0 aliphatic rings. The highest BCUT2D eigenvalue weighted by molar-refractivity contribution is 5.88. The predicted molar refractivity (Wildman–Crippen MR) is 131 cm³/mol. The molecule has 34 heavy (non-hydrogen) atoms. The van der Waals surface area contributed by atoms with Crippen molar-refractivity contribution in [3.8, 4) is 11.5 Å². The molecule has 0 unspecified atom stereocenters. The molecular formula is C28H24N2O4. The zero-order chi connectivity index (χ0) is 23.6. The number of hydrogen-bond acceptors (Lipinski definition) is 4.